The van der Waals surface area contributed by atoms with E-state index in [1.54, 1.807) is 23.7 Å². The van der Waals surface area contributed by atoms with E-state index >= 15 is 0 Å². The van der Waals surface area contributed by atoms with Gasteiger partial charge in [-0.2, -0.15) is 10.1 Å². The van der Waals surface area contributed by atoms with Gasteiger partial charge in [0.15, 0.2) is 11.8 Å². The second kappa shape index (κ2) is 8.78. The monoisotopic (exact) mass is 434 g/mol. The summed E-state index contributed by atoms with van der Waals surface area (Å²) in [4.78, 5) is 17.2. The van der Waals surface area contributed by atoms with Crippen LogP contribution in [-0.4, -0.2) is 26.8 Å². The Morgan fingerprint density at radius 2 is 1.84 bits per heavy atom. The molecule has 0 bridgehead atoms. The van der Waals surface area contributed by atoms with E-state index in [0.717, 1.165) is 27.9 Å². The molecule has 0 spiro atoms. The molecule has 2 heterocycles. The predicted octanol–water partition coefficient (Wildman–Crippen LogP) is 4.77. The molecule has 31 heavy (non-hydrogen) atoms. The molecule has 2 aromatic carbocycles. The van der Waals surface area contributed by atoms with Crippen LogP contribution in [0, 0.1) is 13.8 Å². The molecule has 0 aliphatic carbocycles. The van der Waals surface area contributed by atoms with Crippen molar-refractivity contribution in [1.29, 1.82) is 0 Å². The second-order valence-electron chi connectivity index (χ2n) is 7.41. The highest BCUT2D eigenvalue weighted by molar-refractivity contribution is 6.30. The number of pyridine rings is 1. The third-order valence-electron chi connectivity index (χ3n) is 5.03. The smallest absolute Gasteiger partial charge is 0.261 e. The van der Waals surface area contributed by atoms with Crippen molar-refractivity contribution < 1.29 is 9.53 Å². The van der Waals surface area contributed by atoms with E-state index in [2.05, 4.69) is 15.4 Å². The van der Waals surface area contributed by atoms with E-state index in [1.165, 1.54) is 0 Å². The largest absolute Gasteiger partial charge is 0.464 e. The number of carbonyl (C=O) groups excluding carboxylic acids is 1. The molecule has 0 saturated carbocycles. The lowest BCUT2D eigenvalue weighted by molar-refractivity contribution is -0.127. The number of benzene rings is 2. The Bertz CT molecular complexity index is 1220. The molecule has 0 aliphatic rings. The standard InChI is InChI=1S/C24H23ClN4O2/c1-15-13-21(31-17(3)24(30)26-14-18-9-11-19(25)12-10-18)27-23-22(15)16(2)28-29(23)20-7-5-4-6-8-20/h4-13,17H,14H2,1-3H3,(H,26,30)/t17-/m0/s1. The molecular weight excluding hydrogens is 412 g/mol. The molecule has 1 N–H and O–H groups in total. The number of aryl methyl sites for hydroxylation is 2. The number of fused-ring (bicyclic) bond motifs is 1. The van der Waals surface area contributed by atoms with Gasteiger partial charge in [-0.05, 0) is 56.2 Å². The molecule has 4 rings (SSSR count). The Labute approximate surface area is 185 Å². The zero-order chi connectivity index (χ0) is 22.0. The van der Waals surface area contributed by atoms with Gasteiger partial charge in [0.25, 0.3) is 5.91 Å². The quantitative estimate of drug-likeness (QED) is 0.474. The summed E-state index contributed by atoms with van der Waals surface area (Å²) >= 11 is 5.90. The highest BCUT2D eigenvalue weighted by atomic mass is 35.5. The Morgan fingerprint density at radius 3 is 2.55 bits per heavy atom. The van der Waals surface area contributed by atoms with Crippen LogP contribution in [0.2, 0.25) is 5.02 Å². The molecule has 0 fully saturated rings. The first kappa shape index (κ1) is 20.9. The van der Waals surface area contributed by atoms with Gasteiger partial charge in [-0.3, -0.25) is 4.79 Å². The maximum absolute atomic E-state index is 12.5. The molecule has 2 aromatic heterocycles. The van der Waals surface area contributed by atoms with Crippen molar-refractivity contribution in [1.82, 2.24) is 20.1 Å². The number of carbonyl (C=O) groups is 1. The van der Waals surface area contributed by atoms with Gasteiger partial charge in [0.05, 0.1) is 11.4 Å². The van der Waals surface area contributed by atoms with Crippen LogP contribution in [0.25, 0.3) is 16.7 Å². The Kier molecular flexibility index (Phi) is 5.91. The number of amides is 1. The minimum absolute atomic E-state index is 0.220. The first-order valence-corrected chi connectivity index (χ1v) is 10.4. The zero-order valence-electron chi connectivity index (χ0n) is 17.6. The number of ether oxygens (including phenoxy) is 1. The fourth-order valence-corrected chi connectivity index (χ4v) is 3.58. The van der Waals surface area contributed by atoms with Crippen molar-refractivity contribution in [2.75, 3.05) is 0 Å². The first-order chi connectivity index (χ1) is 14.9. The van der Waals surface area contributed by atoms with Crippen LogP contribution in [0.5, 0.6) is 5.88 Å². The summed E-state index contributed by atoms with van der Waals surface area (Å²) in [5, 5.41) is 9.18. The topological polar surface area (TPSA) is 69.0 Å². The maximum Gasteiger partial charge on any atom is 0.261 e. The number of para-hydroxylation sites is 1. The molecule has 0 unspecified atom stereocenters. The lowest BCUT2D eigenvalue weighted by atomic mass is 10.1. The summed E-state index contributed by atoms with van der Waals surface area (Å²) in [6, 6.07) is 19.0. The van der Waals surface area contributed by atoms with Gasteiger partial charge >= 0.3 is 0 Å². The van der Waals surface area contributed by atoms with Crippen LogP contribution in [-0.2, 0) is 11.3 Å². The molecule has 1 amide bonds. The Balaban J connectivity index is 1.54. The van der Waals surface area contributed by atoms with Crippen LogP contribution < -0.4 is 10.1 Å². The average molecular weight is 435 g/mol. The highest BCUT2D eigenvalue weighted by Crippen LogP contribution is 2.27. The molecule has 7 heteroatoms. The number of halogens is 1. The molecule has 6 nitrogen and oxygen atoms in total. The lowest BCUT2D eigenvalue weighted by Crippen LogP contribution is -2.36. The summed E-state index contributed by atoms with van der Waals surface area (Å²) in [5.41, 5.74) is 4.46. The van der Waals surface area contributed by atoms with Gasteiger partial charge < -0.3 is 10.1 Å². The van der Waals surface area contributed by atoms with Gasteiger partial charge in [0.1, 0.15) is 0 Å². The molecule has 4 aromatic rings. The van der Waals surface area contributed by atoms with Gasteiger partial charge in [-0.15, -0.1) is 0 Å². The number of hydrogen-bond donors (Lipinski definition) is 1. The third-order valence-corrected chi connectivity index (χ3v) is 5.29. The molecule has 0 saturated heterocycles. The SMILES string of the molecule is Cc1cc(O[C@@H](C)C(=O)NCc2ccc(Cl)cc2)nc2c1c(C)nn2-c1ccccc1. The average Bonchev–Trinajstić information content (AvgIpc) is 3.10. The van der Waals surface area contributed by atoms with Crippen LogP contribution >= 0.6 is 11.6 Å². The van der Waals surface area contributed by atoms with Gasteiger partial charge in [-0.1, -0.05) is 41.9 Å². The fraction of sp³-hybridized carbons (Fsp3) is 0.208. The number of hydrogen-bond acceptors (Lipinski definition) is 4. The van der Waals surface area contributed by atoms with E-state index in [9.17, 15) is 4.79 Å². The van der Waals surface area contributed by atoms with Crippen molar-refractivity contribution in [3.05, 3.63) is 82.5 Å². The van der Waals surface area contributed by atoms with E-state index < -0.39 is 6.10 Å². The number of nitrogens with zero attached hydrogens (tertiary/aromatic N) is 3. The van der Waals surface area contributed by atoms with Crippen molar-refractivity contribution in [2.45, 2.75) is 33.4 Å². The van der Waals surface area contributed by atoms with E-state index in [-0.39, 0.29) is 5.91 Å². The zero-order valence-corrected chi connectivity index (χ0v) is 18.3. The maximum atomic E-state index is 12.5. The highest BCUT2D eigenvalue weighted by Gasteiger charge is 2.19. The Morgan fingerprint density at radius 1 is 1.13 bits per heavy atom. The summed E-state index contributed by atoms with van der Waals surface area (Å²) < 4.78 is 7.69. The third kappa shape index (κ3) is 4.54. The van der Waals surface area contributed by atoms with Crippen molar-refractivity contribution in [2.24, 2.45) is 0 Å². The fourth-order valence-electron chi connectivity index (χ4n) is 3.45. The van der Waals surface area contributed by atoms with Crippen LogP contribution in [0.3, 0.4) is 0 Å². The number of aromatic nitrogens is 3. The molecule has 0 aliphatic heterocycles. The van der Waals surface area contributed by atoms with Gasteiger partial charge in [0.2, 0.25) is 5.88 Å². The molecule has 0 radical (unpaired) electrons. The molecule has 1 atom stereocenters. The Hall–Kier alpha value is -3.38. The summed E-state index contributed by atoms with van der Waals surface area (Å²) in [6.45, 7) is 6.06. The van der Waals surface area contributed by atoms with Crippen LogP contribution in [0.15, 0.2) is 60.7 Å². The second-order valence-corrected chi connectivity index (χ2v) is 7.85. The molecule has 158 valence electrons. The minimum Gasteiger partial charge on any atom is -0.464 e. The van der Waals surface area contributed by atoms with Crippen molar-refractivity contribution >= 4 is 28.5 Å². The van der Waals surface area contributed by atoms with Gasteiger partial charge in [-0.25, -0.2) is 4.68 Å². The van der Waals surface area contributed by atoms with E-state index in [1.807, 2.05) is 62.4 Å². The van der Waals surface area contributed by atoms with E-state index in [0.29, 0.717) is 23.1 Å². The first-order valence-electron chi connectivity index (χ1n) is 10.0. The van der Waals surface area contributed by atoms with Crippen LogP contribution in [0.4, 0.5) is 0 Å². The van der Waals surface area contributed by atoms with Gasteiger partial charge in [0, 0.05) is 23.0 Å². The lowest BCUT2D eigenvalue weighted by Gasteiger charge is -2.15. The number of nitrogens with one attached hydrogen (secondary N) is 1. The minimum atomic E-state index is -0.703. The summed E-state index contributed by atoms with van der Waals surface area (Å²) in [7, 11) is 0. The number of rotatable bonds is 6. The van der Waals surface area contributed by atoms with Crippen LogP contribution in [0.1, 0.15) is 23.7 Å². The predicted molar refractivity (Wildman–Crippen MR) is 122 cm³/mol. The van der Waals surface area contributed by atoms with Crippen molar-refractivity contribution in [3.8, 4) is 11.6 Å². The summed E-state index contributed by atoms with van der Waals surface area (Å²) in [6.07, 6.45) is -0.703. The summed E-state index contributed by atoms with van der Waals surface area (Å²) in [5.74, 6) is 0.165. The molecular formula is C24H23ClN4O2. The van der Waals surface area contributed by atoms with E-state index in [4.69, 9.17) is 16.3 Å². The van der Waals surface area contributed by atoms with Crippen molar-refractivity contribution in [3.63, 3.8) is 0 Å². The normalized spacial score (nSPS) is 12.0.